The topological polar surface area (TPSA) is 0 Å². The van der Waals surface area contributed by atoms with Crippen molar-refractivity contribution in [2.75, 3.05) is 0 Å². The summed E-state index contributed by atoms with van der Waals surface area (Å²) >= 11 is 8.48. The second kappa shape index (κ2) is 6.54. The SMILES string of the molecule is CC1=C(C)C(C)C(c2cccc3c2C2=C([CH]3[Zr+2])[Si]2(C)Cl)=C1C.[Cl-].[Cl-]. The average Bonchev–Trinajstić information content (AvgIpc) is 2.80. The molecule has 3 unspecified atom stereocenters. The second-order valence-electron chi connectivity index (χ2n) is 7.06. The first-order chi connectivity index (χ1) is 10.3. The number of allylic oxidation sites excluding steroid dienone is 5. The fraction of sp³-hybridized carbons (Fsp3) is 0.368. The number of fused-ring (bicyclic) bond motifs is 2. The zero-order valence-corrected chi connectivity index (χ0v) is 20.2. The van der Waals surface area contributed by atoms with Gasteiger partial charge in [0.1, 0.15) is 0 Å². The van der Waals surface area contributed by atoms with E-state index < -0.39 is 7.38 Å². The van der Waals surface area contributed by atoms with Gasteiger partial charge in [0.2, 0.25) is 0 Å². The minimum Gasteiger partial charge on any atom is -1.00 e. The van der Waals surface area contributed by atoms with Crippen LogP contribution >= 0.6 is 11.1 Å². The van der Waals surface area contributed by atoms with E-state index in [9.17, 15) is 0 Å². The van der Waals surface area contributed by atoms with Gasteiger partial charge in [-0.2, -0.15) is 0 Å². The Morgan fingerprint density at radius 3 is 2.25 bits per heavy atom. The summed E-state index contributed by atoms with van der Waals surface area (Å²) < 4.78 is 0.624. The molecule has 1 aromatic carbocycles. The summed E-state index contributed by atoms with van der Waals surface area (Å²) in [5, 5.41) is 3.19. The van der Waals surface area contributed by atoms with Crippen molar-refractivity contribution in [2.45, 2.75) is 37.9 Å². The van der Waals surface area contributed by atoms with Gasteiger partial charge in [0.05, 0.1) is 0 Å². The van der Waals surface area contributed by atoms with Crippen molar-refractivity contribution in [3.8, 4) is 0 Å². The molecule has 0 aromatic heterocycles. The molecule has 2 aliphatic carbocycles. The molecule has 125 valence electrons. The van der Waals surface area contributed by atoms with Crippen molar-refractivity contribution in [1.82, 2.24) is 0 Å². The Morgan fingerprint density at radius 2 is 1.71 bits per heavy atom. The summed E-state index contributed by atoms with van der Waals surface area (Å²) in [4.78, 5) is 0. The van der Waals surface area contributed by atoms with E-state index in [0.29, 0.717) is 9.54 Å². The molecular formula is C19H20Cl3SiZr. The van der Waals surface area contributed by atoms with Crippen LogP contribution in [0.1, 0.15) is 48.0 Å². The molecule has 0 spiro atoms. The molecule has 24 heavy (non-hydrogen) atoms. The maximum atomic E-state index is 6.89. The molecule has 1 aromatic rings. The summed E-state index contributed by atoms with van der Waals surface area (Å²) in [5.41, 5.74) is 10.6. The van der Waals surface area contributed by atoms with Crippen molar-refractivity contribution in [2.24, 2.45) is 5.92 Å². The molecule has 0 saturated carbocycles. The molecule has 0 bridgehead atoms. The Morgan fingerprint density at radius 1 is 1.08 bits per heavy atom. The largest absolute Gasteiger partial charge is 1.00 e. The molecule has 0 nitrogen and oxygen atoms in total. The smallest absolute Gasteiger partial charge is 1.00 e. The van der Waals surface area contributed by atoms with E-state index in [0.717, 1.165) is 0 Å². The van der Waals surface area contributed by atoms with Crippen LogP contribution in [0, 0.1) is 5.92 Å². The summed E-state index contributed by atoms with van der Waals surface area (Å²) in [5.74, 6) is 0.529. The van der Waals surface area contributed by atoms with E-state index in [1.54, 1.807) is 40.7 Å². The molecule has 0 N–H and O–H groups in total. The fourth-order valence-corrected chi connectivity index (χ4v) is 12.9. The van der Waals surface area contributed by atoms with Crippen molar-refractivity contribution >= 4 is 29.2 Å². The first-order valence-corrected chi connectivity index (χ1v) is 12.9. The van der Waals surface area contributed by atoms with Gasteiger partial charge in [0.15, 0.2) is 0 Å². The summed E-state index contributed by atoms with van der Waals surface area (Å²) in [6.07, 6.45) is 0. The van der Waals surface area contributed by atoms with Crippen LogP contribution in [0.3, 0.4) is 0 Å². The predicted octanol–water partition coefficient (Wildman–Crippen LogP) is -0.285. The van der Waals surface area contributed by atoms with Crippen LogP contribution in [0.5, 0.6) is 0 Å². The standard InChI is InChI=1S/C19H20ClSi.2ClH.Zr/c1-10-11(2)13(4)17(12(10)3)15-8-6-7-14-9-16-19(18(14)15)21(16,5)20;;;/h6-9,12H,1-5H3;2*1H;/q;;;+2/p-2. The molecular weight excluding hydrogens is 454 g/mol. The zero-order valence-electron chi connectivity index (χ0n) is 14.5. The van der Waals surface area contributed by atoms with Crippen LogP contribution in [0.15, 0.2) is 40.1 Å². The molecule has 4 rings (SSSR count). The third kappa shape index (κ3) is 2.48. The van der Waals surface area contributed by atoms with Gasteiger partial charge < -0.3 is 24.8 Å². The van der Waals surface area contributed by atoms with E-state index in [4.69, 9.17) is 11.1 Å². The molecule has 1 heterocycles. The minimum absolute atomic E-state index is 0. The summed E-state index contributed by atoms with van der Waals surface area (Å²) in [6.45, 7) is 11.5. The summed E-state index contributed by atoms with van der Waals surface area (Å²) in [6, 6.07) is 6.91. The van der Waals surface area contributed by atoms with Gasteiger partial charge >= 0.3 is 155 Å². The van der Waals surface area contributed by atoms with Gasteiger partial charge in [-0.3, -0.25) is 0 Å². The summed E-state index contributed by atoms with van der Waals surface area (Å²) in [7, 11) is -1.69. The van der Waals surface area contributed by atoms with Gasteiger partial charge in [0.25, 0.3) is 0 Å². The Bertz CT molecular complexity index is 833. The van der Waals surface area contributed by atoms with Crippen LogP contribution in [-0.2, 0) is 24.7 Å². The molecule has 3 atom stereocenters. The number of rotatable bonds is 1. The van der Waals surface area contributed by atoms with Crippen molar-refractivity contribution in [3.05, 3.63) is 56.8 Å². The number of halogens is 3. The maximum Gasteiger partial charge on any atom is -1.00 e. The van der Waals surface area contributed by atoms with E-state index in [1.165, 1.54) is 33.4 Å². The van der Waals surface area contributed by atoms with E-state index in [1.807, 2.05) is 0 Å². The molecule has 0 saturated heterocycles. The Hall–Kier alpha value is 0.410. The minimum atomic E-state index is -1.69. The first-order valence-electron chi connectivity index (χ1n) is 7.95. The Labute approximate surface area is 178 Å². The maximum absolute atomic E-state index is 6.89. The molecule has 0 radical (unpaired) electrons. The van der Waals surface area contributed by atoms with Gasteiger partial charge in [-0.15, -0.1) is 0 Å². The van der Waals surface area contributed by atoms with Crippen LogP contribution in [0.4, 0.5) is 0 Å². The number of hydrogen-bond donors (Lipinski definition) is 0. The number of hydrogen-bond acceptors (Lipinski definition) is 0. The average molecular weight is 474 g/mol. The van der Waals surface area contributed by atoms with E-state index in [2.05, 4.69) is 52.4 Å². The van der Waals surface area contributed by atoms with Crippen LogP contribution in [0.25, 0.3) is 10.8 Å². The molecule has 1 aliphatic heterocycles. The Kier molecular flexibility index (Phi) is 5.64. The normalized spacial score (nSPS) is 30.2. The van der Waals surface area contributed by atoms with Gasteiger partial charge in [-0.05, 0) is 0 Å². The van der Waals surface area contributed by atoms with Gasteiger partial charge in [-0.25, -0.2) is 0 Å². The van der Waals surface area contributed by atoms with Gasteiger partial charge in [-0.1, -0.05) is 0 Å². The van der Waals surface area contributed by atoms with Crippen molar-refractivity contribution in [3.63, 3.8) is 0 Å². The third-order valence-corrected chi connectivity index (χ3v) is 12.2. The van der Waals surface area contributed by atoms with Gasteiger partial charge in [0, 0.05) is 0 Å². The number of benzene rings is 1. The van der Waals surface area contributed by atoms with Crippen molar-refractivity contribution < 1.29 is 49.5 Å². The van der Waals surface area contributed by atoms with E-state index in [-0.39, 0.29) is 24.8 Å². The Balaban J connectivity index is 0.00000104. The quantitative estimate of drug-likeness (QED) is 0.389. The van der Waals surface area contributed by atoms with Crippen LogP contribution in [-0.4, -0.2) is 7.38 Å². The fourth-order valence-electron chi connectivity index (χ4n) is 4.43. The molecule has 5 heteroatoms. The monoisotopic (exact) mass is 471 g/mol. The molecule has 0 fully saturated rings. The van der Waals surface area contributed by atoms with Crippen LogP contribution < -0.4 is 24.8 Å². The first kappa shape index (κ1) is 20.7. The predicted molar refractivity (Wildman–Crippen MR) is 93.7 cm³/mol. The van der Waals surface area contributed by atoms with Crippen LogP contribution in [0.2, 0.25) is 6.55 Å². The second-order valence-corrected chi connectivity index (χ2v) is 13.8. The molecule has 0 amide bonds. The third-order valence-electron chi connectivity index (χ3n) is 6.06. The molecule has 3 aliphatic rings. The van der Waals surface area contributed by atoms with Crippen molar-refractivity contribution in [1.29, 1.82) is 0 Å². The zero-order chi connectivity index (χ0) is 16.0. The van der Waals surface area contributed by atoms with E-state index >= 15 is 0 Å².